The Morgan fingerprint density at radius 1 is 1.20 bits per heavy atom. The maximum absolute atomic E-state index is 12.7. The average molecular weight is 205 g/mol. The Morgan fingerprint density at radius 2 is 1.93 bits per heavy atom. The van der Waals surface area contributed by atoms with Gasteiger partial charge in [-0.3, -0.25) is 0 Å². The molecule has 0 aliphatic rings. The second kappa shape index (κ2) is 4.28. The molecular formula is C12H12FNO. The largest absolute Gasteiger partial charge is 0.469 e. The van der Waals surface area contributed by atoms with E-state index in [1.165, 1.54) is 12.1 Å². The molecule has 0 saturated carbocycles. The molecular weight excluding hydrogens is 193 g/mol. The molecule has 0 aliphatic carbocycles. The van der Waals surface area contributed by atoms with E-state index in [0.717, 1.165) is 11.3 Å². The molecule has 0 fully saturated rings. The van der Waals surface area contributed by atoms with Crippen molar-refractivity contribution in [3.63, 3.8) is 0 Å². The average Bonchev–Trinajstić information content (AvgIpc) is 2.71. The van der Waals surface area contributed by atoms with Crippen molar-refractivity contribution in [2.24, 2.45) is 5.73 Å². The summed E-state index contributed by atoms with van der Waals surface area (Å²) >= 11 is 0. The number of hydrogen-bond acceptors (Lipinski definition) is 2. The predicted octanol–water partition coefficient (Wildman–Crippen LogP) is 2.66. The van der Waals surface area contributed by atoms with E-state index in [-0.39, 0.29) is 11.9 Å². The molecule has 0 bridgehead atoms. The Labute approximate surface area is 87.5 Å². The van der Waals surface area contributed by atoms with Crippen molar-refractivity contribution in [3.05, 3.63) is 59.8 Å². The van der Waals surface area contributed by atoms with E-state index >= 15 is 0 Å². The highest BCUT2D eigenvalue weighted by Crippen LogP contribution is 2.16. The first kappa shape index (κ1) is 9.93. The third-order valence-corrected chi connectivity index (χ3v) is 2.30. The summed E-state index contributed by atoms with van der Waals surface area (Å²) < 4.78 is 17.9. The highest BCUT2D eigenvalue weighted by molar-refractivity contribution is 5.21. The van der Waals surface area contributed by atoms with Gasteiger partial charge in [0, 0.05) is 12.5 Å². The fraction of sp³-hybridized carbons (Fsp3) is 0.167. The van der Waals surface area contributed by atoms with Gasteiger partial charge in [0.05, 0.1) is 6.26 Å². The van der Waals surface area contributed by atoms with Gasteiger partial charge in [0.25, 0.3) is 0 Å². The first-order valence-corrected chi connectivity index (χ1v) is 4.79. The number of benzene rings is 1. The molecule has 2 aromatic rings. The van der Waals surface area contributed by atoms with E-state index in [0.29, 0.717) is 6.42 Å². The third kappa shape index (κ3) is 2.44. The van der Waals surface area contributed by atoms with Crippen LogP contribution in [-0.2, 0) is 6.42 Å². The maximum Gasteiger partial charge on any atom is 0.123 e. The smallest absolute Gasteiger partial charge is 0.123 e. The van der Waals surface area contributed by atoms with E-state index in [1.54, 1.807) is 18.4 Å². The topological polar surface area (TPSA) is 39.2 Å². The van der Waals surface area contributed by atoms with Crippen molar-refractivity contribution in [1.29, 1.82) is 0 Å². The molecule has 0 aliphatic heterocycles. The van der Waals surface area contributed by atoms with Gasteiger partial charge in [0.15, 0.2) is 0 Å². The molecule has 2 nitrogen and oxygen atoms in total. The summed E-state index contributed by atoms with van der Waals surface area (Å²) in [6.07, 6.45) is 2.24. The lowest BCUT2D eigenvalue weighted by Gasteiger charge is -2.09. The van der Waals surface area contributed by atoms with Gasteiger partial charge in [-0.05, 0) is 29.8 Å². The van der Waals surface area contributed by atoms with Gasteiger partial charge in [0.2, 0.25) is 0 Å². The van der Waals surface area contributed by atoms with Crippen molar-refractivity contribution in [1.82, 2.24) is 0 Å². The molecule has 1 unspecified atom stereocenters. The monoisotopic (exact) mass is 205 g/mol. The van der Waals surface area contributed by atoms with Gasteiger partial charge in [-0.2, -0.15) is 0 Å². The molecule has 2 N–H and O–H groups in total. The standard InChI is InChI=1S/C12H12FNO/c13-10-5-3-9(4-6-10)12(14)8-11-2-1-7-15-11/h1-7,12H,8,14H2. The van der Waals surface area contributed by atoms with Gasteiger partial charge in [-0.15, -0.1) is 0 Å². The lowest BCUT2D eigenvalue weighted by atomic mass is 10.0. The lowest BCUT2D eigenvalue weighted by molar-refractivity contribution is 0.488. The molecule has 1 heterocycles. The third-order valence-electron chi connectivity index (χ3n) is 2.30. The molecule has 78 valence electrons. The minimum absolute atomic E-state index is 0.156. The Hall–Kier alpha value is -1.61. The number of halogens is 1. The van der Waals surface area contributed by atoms with E-state index in [9.17, 15) is 4.39 Å². The van der Waals surface area contributed by atoms with Gasteiger partial charge >= 0.3 is 0 Å². The number of hydrogen-bond donors (Lipinski definition) is 1. The van der Waals surface area contributed by atoms with Crippen molar-refractivity contribution in [3.8, 4) is 0 Å². The van der Waals surface area contributed by atoms with Gasteiger partial charge < -0.3 is 10.2 Å². The quantitative estimate of drug-likeness (QED) is 0.836. The molecule has 3 heteroatoms. The van der Waals surface area contributed by atoms with E-state index < -0.39 is 0 Å². The normalized spacial score (nSPS) is 12.7. The molecule has 15 heavy (non-hydrogen) atoms. The van der Waals surface area contributed by atoms with Crippen molar-refractivity contribution in [2.75, 3.05) is 0 Å². The van der Waals surface area contributed by atoms with Crippen LogP contribution in [-0.4, -0.2) is 0 Å². The molecule has 0 amide bonds. The van der Waals surface area contributed by atoms with Crippen LogP contribution in [0.3, 0.4) is 0 Å². The molecule has 0 spiro atoms. The van der Waals surface area contributed by atoms with Crippen LogP contribution >= 0.6 is 0 Å². The molecule has 1 atom stereocenters. The van der Waals surface area contributed by atoms with Crippen molar-refractivity contribution in [2.45, 2.75) is 12.5 Å². The highest BCUT2D eigenvalue weighted by atomic mass is 19.1. The van der Waals surface area contributed by atoms with Crippen LogP contribution in [0.15, 0.2) is 47.1 Å². The summed E-state index contributed by atoms with van der Waals surface area (Å²) in [7, 11) is 0. The van der Waals surface area contributed by atoms with E-state index in [4.69, 9.17) is 10.2 Å². The van der Waals surface area contributed by atoms with Crippen LogP contribution < -0.4 is 5.73 Å². The highest BCUT2D eigenvalue weighted by Gasteiger charge is 2.08. The van der Waals surface area contributed by atoms with Crippen molar-refractivity contribution < 1.29 is 8.81 Å². The number of rotatable bonds is 3. The van der Waals surface area contributed by atoms with Crippen LogP contribution in [0.25, 0.3) is 0 Å². The van der Waals surface area contributed by atoms with E-state index in [2.05, 4.69) is 0 Å². The van der Waals surface area contributed by atoms with Gasteiger partial charge in [-0.1, -0.05) is 12.1 Å². The minimum Gasteiger partial charge on any atom is -0.469 e. The fourth-order valence-corrected chi connectivity index (χ4v) is 1.47. The molecule has 0 saturated heterocycles. The summed E-state index contributed by atoms with van der Waals surface area (Å²) in [5.74, 6) is 0.593. The van der Waals surface area contributed by atoms with Gasteiger partial charge in [-0.25, -0.2) is 4.39 Å². The second-order valence-corrected chi connectivity index (χ2v) is 3.44. The SMILES string of the molecule is NC(Cc1ccco1)c1ccc(F)cc1. The zero-order chi connectivity index (χ0) is 10.7. The van der Waals surface area contributed by atoms with Crippen molar-refractivity contribution >= 4 is 0 Å². The Morgan fingerprint density at radius 3 is 2.53 bits per heavy atom. The summed E-state index contributed by atoms with van der Waals surface area (Å²) in [5.41, 5.74) is 6.86. The fourth-order valence-electron chi connectivity index (χ4n) is 1.47. The van der Waals surface area contributed by atoms with Crippen LogP contribution in [0.4, 0.5) is 4.39 Å². The van der Waals surface area contributed by atoms with Crippen LogP contribution in [0, 0.1) is 5.82 Å². The summed E-state index contributed by atoms with van der Waals surface area (Å²) in [4.78, 5) is 0. The number of furan rings is 1. The lowest BCUT2D eigenvalue weighted by Crippen LogP contribution is -2.12. The molecule has 1 aromatic carbocycles. The molecule has 1 aromatic heterocycles. The predicted molar refractivity (Wildman–Crippen MR) is 55.7 cm³/mol. The Bertz CT molecular complexity index is 408. The van der Waals surface area contributed by atoms with Crippen LogP contribution in [0.1, 0.15) is 17.4 Å². The van der Waals surface area contributed by atoms with Crippen LogP contribution in [0.5, 0.6) is 0 Å². The summed E-state index contributed by atoms with van der Waals surface area (Å²) in [6, 6.07) is 9.77. The zero-order valence-corrected chi connectivity index (χ0v) is 8.19. The second-order valence-electron chi connectivity index (χ2n) is 3.44. The first-order valence-electron chi connectivity index (χ1n) is 4.79. The number of nitrogens with two attached hydrogens (primary N) is 1. The Kier molecular flexibility index (Phi) is 2.83. The molecule has 2 rings (SSSR count). The first-order chi connectivity index (χ1) is 7.25. The molecule has 0 radical (unpaired) electrons. The zero-order valence-electron chi connectivity index (χ0n) is 8.19. The summed E-state index contributed by atoms with van der Waals surface area (Å²) in [6.45, 7) is 0. The minimum atomic E-state index is -0.246. The Balaban J connectivity index is 2.08. The van der Waals surface area contributed by atoms with Gasteiger partial charge in [0.1, 0.15) is 11.6 Å². The summed E-state index contributed by atoms with van der Waals surface area (Å²) in [5, 5.41) is 0. The van der Waals surface area contributed by atoms with Crippen LogP contribution in [0.2, 0.25) is 0 Å². The van der Waals surface area contributed by atoms with E-state index in [1.807, 2.05) is 12.1 Å². The maximum atomic E-state index is 12.7.